The number of anilines is 1. The molecular weight excluding hydrogens is 456 g/mol. The number of nitrogens with zero attached hydrogens (tertiary/aromatic N) is 2. The molecular formula is C24H28N4O7. The molecule has 35 heavy (non-hydrogen) atoms. The van der Waals surface area contributed by atoms with Gasteiger partial charge in [-0.2, -0.15) is 0 Å². The van der Waals surface area contributed by atoms with Gasteiger partial charge in [-0.1, -0.05) is 6.07 Å². The first-order chi connectivity index (χ1) is 16.9. The Kier molecular flexibility index (Phi) is 8.49. The predicted molar refractivity (Wildman–Crippen MR) is 127 cm³/mol. The minimum absolute atomic E-state index is 0.0629. The molecule has 0 saturated heterocycles. The largest absolute Gasteiger partial charge is 0.507 e. The molecule has 1 amide bonds. The lowest BCUT2D eigenvalue weighted by molar-refractivity contribution is -0.121. The molecule has 3 rings (SSSR count). The van der Waals surface area contributed by atoms with Gasteiger partial charge in [-0.05, 0) is 19.1 Å². The second-order valence-electron chi connectivity index (χ2n) is 7.47. The van der Waals surface area contributed by atoms with E-state index in [1.807, 2.05) is 0 Å². The van der Waals surface area contributed by atoms with Gasteiger partial charge in [0, 0.05) is 49.5 Å². The van der Waals surface area contributed by atoms with Crippen LogP contribution in [-0.2, 0) is 4.79 Å². The van der Waals surface area contributed by atoms with E-state index in [-0.39, 0.29) is 41.7 Å². The predicted octanol–water partition coefficient (Wildman–Crippen LogP) is 2.22. The van der Waals surface area contributed by atoms with Crippen LogP contribution in [0.25, 0.3) is 0 Å². The Morgan fingerprint density at radius 3 is 2.43 bits per heavy atom. The molecule has 186 valence electrons. The first kappa shape index (κ1) is 25.3. The van der Waals surface area contributed by atoms with E-state index in [9.17, 15) is 14.7 Å². The molecule has 3 aromatic rings. The standard InChI is InChI=1S/C24H28N4O7/c1-14-12-17(29)20(23(31)35-14)16(15-6-7-18(32-2)22(34-4)21(15)33-3)13-19(30)25-10-11-28-24-26-8-5-9-27-24/h5-9,12,16,29H,10-11,13H2,1-4H3,(H,25,30)(H,26,27,28)/t16-/m0/s1. The topological polar surface area (TPSA) is 145 Å². The minimum Gasteiger partial charge on any atom is -0.507 e. The van der Waals surface area contributed by atoms with Crippen LogP contribution in [0.5, 0.6) is 23.0 Å². The quantitative estimate of drug-likeness (QED) is 0.346. The van der Waals surface area contributed by atoms with Crippen LogP contribution in [-0.4, -0.2) is 55.4 Å². The average molecular weight is 485 g/mol. The van der Waals surface area contributed by atoms with Crippen molar-refractivity contribution in [3.8, 4) is 23.0 Å². The van der Waals surface area contributed by atoms with E-state index < -0.39 is 11.5 Å². The maximum absolute atomic E-state index is 12.9. The van der Waals surface area contributed by atoms with E-state index in [0.29, 0.717) is 29.6 Å². The molecule has 2 aromatic heterocycles. The van der Waals surface area contributed by atoms with Crippen LogP contribution in [0, 0.1) is 6.92 Å². The van der Waals surface area contributed by atoms with Crippen LogP contribution in [0.1, 0.15) is 29.2 Å². The van der Waals surface area contributed by atoms with Gasteiger partial charge >= 0.3 is 5.63 Å². The Hall–Kier alpha value is -4.28. The normalized spacial score (nSPS) is 11.4. The van der Waals surface area contributed by atoms with Crippen molar-refractivity contribution in [3.05, 3.63) is 64.0 Å². The minimum atomic E-state index is -0.896. The molecule has 1 aromatic carbocycles. The van der Waals surface area contributed by atoms with Crippen LogP contribution in [0.15, 0.2) is 45.9 Å². The Labute approximate surface area is 202 Å². The summed E-state index contributed by atoms with van der Waals surface area (Å²) in [6.45, 7) is 2.21. The highest BCUT2D eigenvalue weighted by Gasteiger charge is 2.30. The summed E-state index contributed by atoms with van der Waals surface area (Å²) in [5, 5.41) is 16.4. The number of nitrogens with one attached hydrogen (secondary N) is 2. The first-order valence-electron chi connectivity index (χ1n) is 10.8. The zero-order chi connectivity index (χ0) is 25.4. The summed E-state index contributed by atoms with van der Waals surface area (Å²) in [4.78, 5) is 33.8. The van der Waals surface area contributed by atoms with Crippen molar-refractivity contribution in [2.24, 2.45) is 0 Å². The zero-order valence-corrected chi connectivity index (χ0v) is 20.0. The SMILES string of the molecule is COc1ccc([C@H](CC(=O)NCCNc2ncccn2)c2c(O)cc(C)oc2=O)c(OC)c1OC. The monoisotopic (exact) mass is 484 g/mol. The molecule has 0 spiro atoms. The second-order valence-corrected chi connectivity index (χ2v) is 7.47. The molecule has 2 heterocycles. The van der Waals surface area contributed by atoms with E-state index >= 15 is 0 Å². The smallest absolute Gasteiger partial charge is 0.343 e. The van der Waals surface area contributed by atoms with Gasteiger partial charge < -0.3 is 34.4 Å². The Bertz CT molecular complexity index is 1210. The molecule has 1 atom stereocenters. The number of carbonyl (C=O) groups is 1. The van der Waals surface area contributed by atoms with Gasteiger partial charge in [0.25, 0.3) is 0 Å². The summed E-state index contributed by atoms with van der Waals surface area (Å²) in [6.07, 6.45) is 3.04. The van der Waals surface area contributed by atoms with E-state index in [1.165, 1.54) is 27.4 Å². The van der Waals surface area contributed by atoms with Gasteiger partial charge in [0.2, 0.25) is 17.6 Å². The molecule has 0 aliphatic heterocycles. The van der Waals surface area contributed by atoms with Crippen molar-refractivity contribution in [2.75, 3.05) is 39.7 Å². The van der Waals surface area contributed by atoms with E-state index in [1.54, 1.807) is 37.5 Å². The summed E-state index contributed by atoms with van der Waals surface area (Å²) < 4.78 is 21.6. The summed E-state index contributed by atoms with van der Waals surface area (Å²) in [7, 11) is 4.37. The molecule has 0 bridgehead atoms. The van der Waals surface area contributed by atoms with Gasteiger partial charge in [-0.3, -0.25) is 4.79 Å². The number of aryl methyl sites for hydroxylation is 1. The fourth-order valence-corrected chi connectivity index (χ4v) is 3.72. The fourth-order valence-electron chi connectivity index (χ4n) is 3.72. The molecule has 0 saturated carbocycles. The molecule has 0 aliphatic rings. The van der Waals surface area contributed by atoms with Crippen molar-refractivity contribution >= 4 is 11.9 Å². The number of carbonyl (C=O) groups excluding carboxylic acids is 1. The number of ether oxygens (including phenoxy) is 3. The van der Waals surface area contributed by atoms with Crippen LogP contribution >= 0.6 is 0 Å². The fraction of sp³-hybridized carbons (Fsp3) is 0.333. The molecule has 3 N–H and O–H groups in total. The van der Waals surface area contributed by atoms with Crippen LogP contribution < -0.4 is 30.5 Å². The molecule has 0 radical (unpaired) electrons. The third-order valence-electron chi connectivity index (χ3n) is 5.23. The van der Waals surface area contributed by atoms with Crippen LogP contribution in [0.4, 0.5) is 5.95 Å². The highest BCUT2D eigenvalue weighted by molar-refractivity contribution is 5.78. The summed E-state index contributed by atoms with van der Waals surface area (Å²) in [5.74, 6) is 0.119. The van der Waals surface area contributed by atoms with E-state index in [4.69, 9.17) is 18.6 Å². The van der Waals surface area contributed by atoms with Gasteiger partial charge in [0.1, 0.15) is 11.5 Å². The van der Waals surface area contributed by atoms with Crippen molar-refractivity contribution in [2.45, 2.75) is 19.3 Å². The van der Waals surface area contributed by atoms with E-state index in [2.05, 4.69) is 20.6 Å². The maximum Gasteiger partial charge on any atom is 0.343 e. The van der Waals surface area contributed by atoms with Gasteiger partial charge in [0.05, 0.1) is 26.9 Å². The number of rotatable bonds is 11. The lowest BCUT2D eigenvalue weighted by Crippen LogP contribution is -2.31. The van der Waals surface area contributed by atoms with Crippen LogP contribution in [0.3, 0.4) is 0 Å². The Morgan fingerprint density at radius 1 is 1.09 bits per heavy atom. The van der Waals surface area contributed by atoms with Crippen molar-refractivity contribution in [3.63, 3.8) is 0 Å². The molecule has 11 heteroatoms. The number of methoxy groups -OCH3 is 3. The number of amides is 1. The number of aromatic nitrogens is 2. The lowest BCUT2D eigenvalue weighted by Gasteiger charge is -2.22. The van der Waals surface area contributed by atoms with Gasteiger partial charge in [-0.15, -0.1) is 0 Å². The molecule has 11 nitrogen and oxygen atoms in total. The maximum atomic E-state index is 12.9. The number of aromatic hydroxyl groups is 1. The zero-order valence-electron chi connectivity index (χ0n) is 20.0. The highest BCUT2D eigenvalue weighted by Crippen LogP contribution is 2.45. The van der Waals surface area contributed by atoms with Crippen molar-refractivity contribution < 1.29 is 28.5 Å². The van der Waals surface area contributed by atoms with Gasteiger partial charge in [-0.25, -0.2) is 14.8 Å². The molecule has 0 aliphatic carbocycles. The molecule has 0 unspecified atom stereocenters. The summed E-state index contributed by atoms with van der Waals surface area (Å²) >= 11 is 0. The lowest BCUT2D eigenvalue weighted by atomic mass is 9.87. The van der Waals surface area contributed by atoms with Crippen LogP contribution in [0.2, 0.25) is 0 Å². The number of hydrogen-bond donors (Lipinski definition) is 3. The highest BCUT2D eigenvalue weighted by atomic mass is 16.5. The van der Waals surface area contributed by atoms with Gasteiger partial charge in [0.15, 0.2) is 11.5 Å². The van der Waals surface area contributed by atoms with Crippen molar-refractivity contribution in [1.29, 1.82) is 0 Å². The third-order valence-corrected chi connectivity index (χ3v) is 5.23. The Balaban J connectivity index is 1.90. The first-order valence-corrected chi connectivity index (χ1v) is 10.8. The Morgan fingerprint density at radius 2 is 1.80 bits per heavy atom. The summed E-state index contributed by atoms with van der Waals surface area (Å²) in [6, 6.07) is 6.33. The van der Waals surface area contributed by atoms with E-state index in [0.717, 1.165) is 0 Å². The number of hydrogen-bond acceptors (Lipinski definition) is 10. The third kappa shape index (κ3) is 5.99. The summed E-state index contributed by atoms with van der Waals surface area (Å²) in [5.41, 5.74) is -0.366. The number of benzene rings is 1. The average Bonchev–Trinajstić information content (AvgIpc) is 2.85. The van der Waals surface area contributed by atoms with Crippen molar-refractivity contribution in [1.82, 2.24) is 15.3 Å². The molecule has 0 fully saturated rings. The second kappa shape index (κ2) is 11.7.